The number of likely N-dealkylation sites (N-methyl/N-ethyl adjacent to an activating group) is 1. The highest BCUT2D eigenvalue weighted by Gasteiger charge is 2.44. The summed E-state index contributed by atoms with van der Waals surface area (Å²) < 4.78 is 5.75. The molecule has 1 heterocycles. The van der Waals surface area contributed by atoms with Gasteiger partial charge in [-0.1, -0.05) is 42.5 Å². The van der Waals surface area contributed by atoms with Crippen molar-refractivity contribution in [1.29, 1.82) is 0 Å². The molecular formula is C21H22N2O3. The van der Waals surface area contributed by atoms with E-state index >= 15 is 0 Å². The van der Waals surface area contributed by atoms with Gasteiger partial charge in [0, 0.05) is 13.0 Å². The predicted octanol–water partition coefficient (Wildman–Crippen LogP) is 2.41. The minimum Gasteiger partial charge on any atom is -0.489 e. The standard InChI is InChI=1S/C21H22N2O3/c1-23-18-9-5-6-10-19(18)26-13-17(21(23)25)22-20(24)16-12-15(16)11-14-7-3-2-4-8-14/h2-10,15-17H,11-13H2,1H3,(H,22,24)/t15-,16?,17-/m0/s1. The molecule has 1 fully saturated rings. The number of rotatable bonds is 4. The van der Waals surface area contributed by atoms with E-state index in [4.69, 9.17) is 4.74 Å². The minimum absolute atomic E-state index is 0.0149. The van der Waals surface area contributed by atoms with E-state index in [1.165, 1.54) is 5.56 Å². The van der Waals surface area contributed by atoms with Crippen LogP contribution in [0.25, 0.3) is 0 Å². The lowest BCUT2D eigenvalue weighted by Crippen LogP contribution is -2.50. The Morgan fingerprint density at radius 2 is 1.88 bits per heavy atom. The zero-order valence-corrected chi connectivity index (χ0v) is 14.7. The third-order valence-electron chi connectivity index (χ3n) is 5.18. The number of nitrogens with one attached hydrogen (secondary N) is 1. The van der Waals surface area contributed by atoms with Crippen LogP contribution in [0, 0.1) is 11.8 Å². The largest absolute Gasteiger partial charge is 0.489 e. The lowest BCUT2D eigenvalue weighted by Gasteiger charge is -2.20. The quantitative estimate of drug-likeness (QED) is 0.921. The number of para-hydroxylation sites is 2. The molecule has 0 radical (unpaired) electrons. The molecule has 0 bridgehead atoms. The Balaban J connectivity index is 1.37. The fourth-order valence-electron chi connectivity index (χ4n) is 3.55. The monoisotopic (exact) mass is 350 g/mol. The number of hydrogen-bond acceptors (Lipinski definition) is 3. The number of benzene rings is 2. The van der Waals surface area contributed by atoms with Gasteiger partial charge in [0.25, 0.3) is 5.91 Å². The Kier molecular flexibility index (Phi) is 4.37. The number of hydrogen-bond donors (Lipinski definition) is 1. The van der Waals surface area contributed by atoms with Gasteiger partial charge in [-0.25, -0.2) is 0 Å². The lowest BCUT2D eigenvalue weighted by molar-refractivity contribution is -0.128. The van der Waals surface area contributed by atoms with Crippen molar-refractivity contribution in [2.75, 3.05) is 18.6 Å². The summed E-state index contributed by atoms with van der Waals surface area (Å²) in [5.74, 6) is 0.803. The maximum atomic E-state index is 12.7. The highest BCUT2D eigenvalue weighted by Crippen LogP contribution is 2.41. The van der Waals surface area contributed by atoms with Crippen LogP contribution in [0.4, 0.5) is 5.69 Å². The molecule has 1 N–H and O–H groups in total. The minimum atomic E-state index is -0.655. The number of carbonyl (C=O) groups is 2. The highest BCUT2D eigenvalue weighted by atomic mass is 16.5. The summed E-state index contributed by atoms with van der Waals surface area (Å²) in [4.78, 5) is 26.8. The van der Waals surface area contributed by atoms with E-state index in [1.807, 2.05) is 42.5 Å². The zero-order valence-electron chi connectivity index (χ0n) is 14.7. The lowest BCUT2D eigenvalue weighted by atomic mass is 10.1. The second-order valence-corrected chi connectivity index (χ2v) is 7.03. The van der Waals surface area contributed by atoms with Gasteiger partial charge in [0.1, 0.15) is 18.4 Å². The third-order valence-corrected chi connectivity index (χ3v) is 5.18. The van der Waals surface area contributed by atoms with Crippen molar-refractivity contribution in [1.82, 2.24) is 5.32 Å². The molecule has 0 spiro atoms. The van der Waals surface area contributed by atoms with Gasteiger partial charge in [-0.15, -0.1) is 0 Å². The molecule has 26 heavy (non-hydrogen) atoms. The van der Waals surface area contributed by atoms with Crippen molar-refractivity contribution in [3.05, 3.63) is 60.2 Å². The molecule has 1 aliphatic carbocycles. The van der Waals surface area contributed by atoms with Gasteiger partial charge in [-0.3, -0.25) is 9.59 Å². The number of ether oxygens (including phenoxy) is 1. The van der Waals surface area contributed by atoms with E-state index in [-0.39, 0.29) is 24.3 Å². The summed E-state index contributed by atoms with van der Waals surface area (Å²) in [6, 6.07) is 16.9. The van der Waals surface area contributed by atoms with Crippen molar-refractivity contribution in [2.24, 2.45) is 11.8 Å². The number of amides is 2. The first-order valence-corrected chi connectivity index (χ1v) is 8.97. The average molecular weight is 350 g/mol. The van der Waals surface area contributed by atoms with Crippen molar-refractivity contribution in [3.8, 4) is 5.75 Å². The summed E-state index contributed by atoms with van der Waals surface area (Å²) in [6.07, 6.45) is 1.78. The van der Waals surface area contributed by atoms with Crippen LogP contribution >= 0.6 is 0 Å². The van der Waals surface area contributed by atoms with Crippen molar-refractivity contribution >= 4 is 17.5 Å². The smallest absolute Gasteiger partial charge is 0.252 e. The number of nitrogens with zero attached hydrogens (tertiary/aromatic N) is 1. The van der Waals surface area contributed by atoms with Gasteiger partial charge in [0.05, 0.1) is 5.69 Å². The molecule has 3 atom stereocenters. The van der Waals surface area contributed by atoms with Crippen molar-refractivity contribution < 1.29 is 14.3 Å². The predicted molar refractivity (Wildman–Crippen MR) is 99.0 cm³/mol. The summed E-state index contributed by atoms with van der Waals surface area (Å²) in [6.45, 7) is 0.155. The molecule has 2 aliphatic rings. The van der Waals surface area contributed by atoms with Crippen molar-refractivity contribution in [3.63, 3.8) is 0 Å². The number of carbonyl (C=O) groups excluding carboxylic acids is 2. The van der Waals surface area contributed by atoms with Crippen LogP contribution in [0.3, 0.4) is 0 Å². The summed E-state index contributed by atoms with van der Waals surface area (Å²) in [5, 5.41) is 2.90. The molecule has 5 heteroatoms. The Labute approximate surface area is 153 Å². The first kappa shape index (κ1) is 16.6. The summed E-state index contributed by atoms with van der Waals surface area (Å²) >= 11 is 0. The van der Waals surface area contributed by atoms with Crippen LogP contribution in [0.1, 0.15) is 12.0 Å². The second kappa shape index (κ2) is 6.83. The van der Waals surface area contributed by atoms with E-state index in [2.05, 4.69) is 17.4 Å². The van der Waals surface area contributed by atoms with Crippen LogP contribution in [0.5, 0.6) is 5.75 Å². The Morgan fingerprint density at radius 1 is 1.15 bits per heavy atom. The molecule has 1 saturated carbocycles. The molecule has 0 saturated heterocycles. The van der Waals surface area contributed by atoms with Crippen LogP contribution in [-0.4, -0.2) is 31.5 Å². The molecule has 2 amide bonds. The molecule has 0 aromatic heterocycles. The summed E-state index contributed by atoms with van der Waals surface area (Å²) in [7, 11) is 1.71. The van der Waals surface area contributed by atoms with Gasteiger partial charge in [0.2, 0.25) is 5.91 Å². The normalized spacial score (nSPS) is 24.3. The van der Waals surface area contributed by atoms with Crippen LogP contribution in [-0.2, 0) is 16.0 Å². The van der Waals surface area contributed by atoms with Gasteiger partial charge in [0.15, 0.2) is 0 Å². The van der Waals surface area contributed by atoms with Gasteiger partial charge in [-0.05, 0) is 36.5 Å². The second-order valence-electron chi connectivity index (χ2n) is 7.03. The molecule has 1 unspecified atom stereocenters. The number of fused-ring (bicyclic) bond motifs is 1. The van der Waals surface area contributed by atoms with Crippen LogP contribution < -0.4 is 15.0 Å². The molecular weight excluding hydrogens is 328 g/mol. The van der Waals surface area contributed by atoms with Crippen LogP contribution in [0.2, 0.25) is 0 Å². The Hall–Kier alpha value is -2.82. The van der Waals surface area contributed by atoms with E-state index in [0.717, 1.165) is 18.5 Å². The fraction of sp³-hybridized carbons (Fsp3) is 0.333. The van der Waals surface area contributed by atoms with Crippen molar-refractivity contribution in [2.45, 2.75) is 18.9 Å². The van der Waals surface area contributed by atoms with E-state index in [0.29, 0.717) is 11.7 Å². The first-order valence-electron chi connectivity index (χ1n) is 8.97. The number of anilines is 1. The molecule has 5 nitrogen and oxygen atoms in total. The average Bonchev–Trinajstić information content (AvgIpc) is 3.44. The van der Waals surface area contributed by atoms with Gasteiger partial charge >= 0.3 is 0 Å². The zero-order chi connectivity index (χ0) is 18.1. The molecule has 134 valence electrons. The fourth-order valence-corrected chi connectivity index (χ4v) is 3.55. The van der Waals surface area contributed by atoms with E-state index in [1.54, 1.807) is 11.9 Å². The van der Waals surface area contributed by atoms with Crippen LogP contribution in [0.15, 0.2) is 54.6 Å². The molecule has 2 aromatic carbocycles. The highest BCUT2D eigenvalue weighted by molar-refractivity contribution is 6.01. The maximum Gasteiger partial charge on any atom is 0.252 e. The van der Waals surface area contributed by atoms with Gasteiger partial charge < -0.3 is 15.0 Å². The Bertz CT molecular complexity index is 821. The molecule has 1 aliphatic heterocycles. The SMILES string of the molecule is CN1C(=O)[C@@H](NC(=O)C2C[C@@H]2Cc2ccccc2)COc2ccccc21. The van der Waals surface area contributed by atoms with E-state index < -0.39 is 6.04 Å². The van der Waals surface area contributed by atoms with Gasteiger partial charge in [-0.2, -0.15) is 0 Å². The topological polar surface area (TPSA) is 58.6 Å². The molecule has 4 rings (SSSR count). The van der Waals surface area contributed by atoms with E-state index in [9.17, 15) is 9.59 Å². The maximum absolute atomic E-state index is 12.7. The summed E-state index contributed by atoms with van der Waals surface area (Å²) in [5.41, 5.74) is 1.97. The third kappa shape index (κ3) is 3.29. The first-order chi connectivity index (χ1) is 12.6. The molecule has 2 aromatic rings. The Morgan fingerprint density at radius 3 is 2.69 bits per heavy atom.